The summed E-state index contributed by atoms with van der Waals surface area (Å²) in [5.74, 6) is 0.871. The number of thiophene rings is 1. The molecule has 3 heterocycles. The van der Waals surface area contributed by atoms with E-state index in [4.69, 9.17) is 0 Å². The van der Waals surface area contributed by atoms with E-state index in [-0.39, 0.29) is 12.1 Å². The van der Waals surface area contributed by atoms with Crippen LogP contribution in [-0.4, -0.2) is 48.4 Å². The minimum atomic E-state index is 0.0921. The number of hydrogen-bond donors (Lipinski definition) is 1. The fourth-order valence-corrected chi connectivity index (χ4v) is 3.78. The third kappa shape index (κ3) is 2.68. The smallest absolute Gasteiger partial charge is 0.238 e. The summed E-state index contributed by atoms with van der Waals surface area (Å²) in [6.07, 6.45) is 1.31. The van der Waals surface area contributed by atoms with Crippen LogP contribution in [0, 0.1) is 5.92 Å². The second-order valence-corrected chi connectivity index (χ2v) is 6.21. The zero-order valence-electron chi connectivity index (χ0n) is 11.3. The zero-order valence-corrected chi connectivity index (χ0v) is 12.2. The molecule has 2 aliphatic rings. The first-order valence-electron chi connectivity index (χ1n) is 7.05. The molecule has 5 heteroatoms. The van der Waals surface area contributed by atoms with Gasteiger partial charge in [0.2, 0.25) is 5.91 Å². The van der Waals surface area contributed by atoms with Crippen LogP contribution < -0.4 is 5.32 Å². The first-order chi connectivity index (χ1) is 9.28. The summed E-state index contributed by atoms with van der Waals surface area (Å²) in [5, 5.41) is 7.54. The minimum Gasteiger partial charge on any atom is -0.321 e. The zero-order chi connectivity index (χ0) is 13.2. The SMILES string of the molecule is CCN1CCC(CN2C(=O)CNC2c2ccsc2)C1. The predicted molar refractivity (Wildman–Crippen MR) is 77.0 cm³/mol. The molecular weight excluding hydrogens is 258 g/mol. The van der Waals surface area contributed by atoms with Gasteiger partial charge in [-0.25, -0.2) is 0 Å². The molecule has 1 N–H and O–H groups in total. The number of rotatable bonds is 4. The Morgan fingerprint density at radius 3 is 3.11 bits per heavy atom. The molecular formula is C14H21N3OS. The van der Waals surface area contributed by atoms with Crippen LogP contribution in [0.1, 0.15) is 25.1 Å². The highest BCUT2D eigenvalue weighted by Gasteiger charge is 2.34. The maximum Gasteiger partial charge on any atom is 0.238 e. The number of nitrogens with one attached hydrogen (secondary N) is 1. The lowest BCUT2D eigenvalue weighted by atomic mass is 10.1. The first-order valence-corrected chi connectivity index (χ1v) is 7.99. The van der Waals surface area contributed by atoms with Crippen molar-refractivity contribution in [2.24, 2.45) is 5.92 Å². The number of likely N-dealkylation sites (tertiary alicyclic amines) is 1. The Morgan fingerprint density at radius 2 is 2.42 bits per heavy atom. The van der Waals surface area contributed by atoms with Gasteiger partial charge in [-0.3, -0.25) is 10.1 Å². The van der Waals surface area contributed by atoms with Crippen molar-refractivity contribution in [3.05, 3.63) is 22.4 Å². The van der Waals surface area contributed by atoms with Crippen LogP contribution in [0.2, 0.25) is 0 Å². The van der Waals surface area contributed by atoms with E-state index < -0.39 is 0 Å². The molecule has 0 saturated carbocycles. The van der Waals surface area contributed by atoms with Gasteiger partial charge in [0.1, 0.15) is 6.17 Å². The molecule has 3 rings (SSSR count). The molecule has 104 valence electrons. The first kappa shape index (κ1) is 13.1. The van der Waals surface area contributed by atoms with E-state index in [1.165, 1.54) is 18.5 Å². The highest BCUT2D eigenvalue weighted by Crippen LogP contribution is 2.27. The number of amides is 1. The van der Waals surface area contributed by atoms with Crippen molar-refractivity contribution in [3.8, 4) is 0 Å². The Morgan fingerprint density at radius 1 is 1.53 bits per heavy atom. The van der Waals surface area contributed by atoms with Gasteiger partial charge in [-0.1, -0.05) is 6.92 Å². The lowest BCUT2D eigenvalue weighted by Crippen LogP contribution is -2.35. The van der Waals surface area contributed by atoms with Crippen LogP contribution in [0.3, 0.4) is 0 Å². The van der Waals surface area contributed by atoms with Crippen molar-refractivity contribution in [2.45, 2.75) is 19.5 Å². The molecule has 0 radical (unpaired) electrons. The Balaban J connectivity index is 1.66. The van der Waals surface area contributed by atoms with Gasteiger partial charge >= 0.3 is 0 Å². The lowest BCUT2D eigenvalue weighted by Gasteiger charge is -2.26. The summed E-state index contributed by atoms with van der Waals surface area (Å²) in [5.41, 5.74) is 1.22. The van der Waals surface area contributed by atoms with E-state index in [0.717, 1.165) is 19.6 Å². The fourth-order valence-electron chi connectivity index (χ4n) is 3.10. The number of hydrogen-bond acceptors (Lipinski definition) is 4. The van der Waals surface area contributed by atoms with Crippen molar-refractivity contribution in [1.82, 2.24) is 15.1 Å². The quantitative estimate of drug-likeness (QED) is 0.908. The molecule has 0 aromatic carbocycles. The second-order valence-electron chi connectivity index (χ2n) is 5.43. The molecule has 2 saturated heterocycles. The van der Waals surface area contributed by atoms with E-state index >= 15 is 0 Å². The van der Waals surface area contributed by atoms with E-state index in [0.29, 0.717) is 12.5 Å². The Hall–Kier alpha value is -0.910. The molecule has 1 aromatic heterocycles. The van der Waals surface area contributed by atoms with Gasteiger partial charge in [-0.15, -0.1) is 0 Å². The van der Waals surface area contributed by atoms with Gasteiger partial charge in [-0.2, -0.15) is 11.3 Å². The van der Waals surface area contributed by atoms with Gasteiger partial charge in [0.05, 0.1) is 6.54 Å². The summed E-state index contributed by atoms with van der Waals surface area (Å²) < 4.78 is 0. The van der Waals surface area contributed by atoms with Crippen LogP contribution in [0.5, 0.6) is 0 Å². The molecule has 4 nitrogen and oxygen atoms in total. The van der Waals surface area contributed by atoms with Crippen LogP contribution >= 0.6 is 11.3 Å². The summed E-state index contributed by atoms with van der Waals surface area (Å²) in [7, 11) is 0. The maximum absolute atomic E-state index is 12.1. The molecule has 2 aliphatic heterocycles. The average Bonchev–Trinajstić information content (AvgIpc) is 3.12. The van der Waals surface area contributed by atoms with Crippen LogP contribution in [0.15, 0.2) is 16.8 Å². The second kappa shape index (κ2) is 5.61. The fraction of sp³-hybridized carbons (Fsp3) is 0.643. The largest absolute Gasteiger partial charge is 0.321 e. The molecule has 0 spiro atoms. The molecule has 2 fully saturated rings. The molecule has 0 aliphatic carbocycles. The lowest BCUT2D eigenvalue weighted by molar-refractivity contribution is -0.128. The van der Waals surface area contributed by atoms with Gasteiger partial charge in [-0.05, 0) is 47.8 Å². The predicted octanol–water partition coefficient (Wildman–Crippen LogP) is 1.52. The molecule has 1 amide bonds. The van der Waals surface area contributed by atoms with Gasteiger partial charge in [0.15, 0.2) is 0 Å². The van der Waals surface area contributed by atoms with E-state index in [2.05, 4.69) is 34.0 Å². The van der Waals surface area contributed by atoms with Crippen LogP contribution in [0.4, 0.5) is 0 Å². The van der Waals surface area contributed by atoms with Crippen molar-refractivity contribution < 1.29 is 4.79 Å². The number of carbonyl (C=O) groups excluding carboxylic acids is 1. The third-order valence-corrected chi connectivity index (χ3v) is 4.91. The highest BCUT2D eigenvalue weighted by atomic mass is 32.1. The van der Waals surface area contributed by atoms with Crippen molar-refractivity contribution in [3.63, 3.8) is 0 Å². The average molecular weight is 279 g/mol. The van der Waals surface area contributed by atoms with E-state index in [1.807, 2.05) is 4.90 Å². The molecule has 1 aromatic rings. The third-order valence-electron chi connectivity index (χ3n) is 4.21. The molecule has 2 atom stereocenters. The monoisotopic (exact) mass is 279 g/mol. The van der Waals surface area contributed by atoms with Gasteiger partial charge in [0.25, 0.3) is 0 Å². The van der Waals surface area contributed by atoms with Gasteiger partial charge < -0.3 is 9.80 Å². The van der Waals surface area contributed by atoms with E-state index in [1.54, 1.807) is 11.3 Å². The van der Waals surface area contributed by atoms with Crippen molar-refractivity contribution >= 4 is 17.2 Å². The highest BCUT2D eigenvalue weighted by molar-refractivity contribution is 7.07. The van der Waals surface area contributed by atoms with Crippen LogP contribution in [-0.2, 0) is 4.79 Å². The topological polar surface area (TPSA) is 35.6 Å². The molecule has 19 heavy (non-hydrogen) atoms. The minimum absolute atomic E-state index is 0.0921. The Kier molecular flexibility index (Phi) is 3.86. The van der Waals surface area contributed by atoms with Gasteiger partial charge in [0, 0.05) is 13.1 Å². The summed E-state index contributed by atoms with van der Waals surface area (Å²) in [6, 6.07) is 2.11. The Labute approximate surface area is 118 Å². The van der Waals surface area contributed by atoms with Crippen LogP contribution in [0.25, 0.3) is 0 Å². The summed E-state index contributed by atoms with van der Waals surface area (Å²) >= 11 is 1.69. The Bertz CT molecular complexity index is 434. The normalized spacial score (nSPS) is 28.5. The molecule has 0 bridgehead atoms. The maximum atomic E-state index is 12.1. The van der Waals surface area contributed by atoms with Crippen molar-refractivity contribution in [2.75, 3.05) is 32.7 Å². The van der Waals surface area contributed by atoms with E-state index in [9.17, 15) is 4.79 Å². The molecule has 2 unspecified atom stereocenters. The summed E-state index contributed by atoms with van der Waals surface area (Å²) in [4.78, 5) is 16.6. The number of nitrogens with zero attached hydrogens (tertiary/aromatic N) is 2. The summed E-state index contributed by atoms with van der Waals surface area (Å²) in [6.45, 7) is 7.01. The standard InChI is InChI=1S/C14H21N3OS/c1-2-16-5-3-11(8-16)9-17-13(18)7-15-14(17)12-4-6-19-10-12/h4,6,10-11,14-15H,2-3,5,7-9H2,1H3. The number of carbonyl (C=O) groups is 1. The van der Waals surface area contributed by atoms with Crippen molar-refractivity contribution in [1.29, 1.82) is 0 Å².